The maximum atomic E-state index is 13.8. The average Bonchev–Trinajstić information content (AvgIpc) is 3.38. The smallest absolute Gasteiger partial charge is 0.260 e. The molecule has 0 unspecified atom stereocenters. The van der Waals surface area contributed by atoms with E-state index in [0.29, 0.717) is 47.1 Å². The Balaban J connectivity index is 0.00000462. The van der Waals surface area contributed by atoms with E-state index in [0.717, 1.165) is 19.6 Å². The van der Waals surface area contributed by atoms with Crippen LogP contribution >= 0.6 is 23.7 Å². The average molecular weight is 631 g/mol. The van der Waals surface area contributed by atoms with Crippen molar-refractivity contribution in [3.8, 4) is 0 Å². The lowest BCUT2D eigenvalue weighted by Gasteiger charge is -2.27. The van der Waals surface area contributed by atoms with Gasteiger partial charge in [0.25, 0.3) is 5.91 Å². The summed E-state index contributed by atoms with van der Waals surface area (Å²) in [5, 5.41) is 0.467. The van der Waals surface area contributed by atoms with E-state index in [1.54, 1.807) is 11.0 Å². The molecular formula is C27H36ClFN4O6S2. The molecule has 0 saturated carbocycles. The number of benzene rings is 2. The number of nitrogens with zero attached hydrogens (tertiary/aromatic N) is 4. The van der Waals surface area contributed by atoms with E-state index in [9.17, 15) is 17.6 Å². The van der Waals surface area contributed by atoms with Gasteiger partial charge in [-0.2, -0.15) is 4.31 Å². The first-order valence-electron chi connectivity index (χ1n) is 13.1. The molecule has 4 rings (SSSR count). The van der Waals surface area contributed by atoms with Crippen LogP contribution in [0.15, 0.2) is 47.4 Å². The van der Waals surface area contributed by atoms with Crippen LogP contribution in [0.25, 0.3) is 10.2 Å². The van der Waals surface area contributed by atoms with Crippen LogP contribution in [0.3, 0.4) is 0 Å². The first-order valence-corrected chi connectivity index (χ1v) is 15.4. The summed E-state index contributed by atoms with van der Waals surface area (Å²) in [6.07, 6.45) is 0.705. The van der Waals surface area contributed by atoms with Crippen molar-refractivity contribution < 1.29 is 31.8 Å². The van der Waals surface area contributed by atoms with Crippen LogP contribution < -0.4 is 4.90 Å². The lowest BCUT2D eigenvalue weighted by Crippen LogP contribution is -2.39. The number of hydrogen-bond acceptors (Lipinski definition) is 9. The van der Waals surface area contributed by atoms with Gasteiger partial charge in [-0.1, -0.05) is 11.3 Å². The molecule has 1 amide bonds. The number of methoxy groups -OCH3 is 2. The number of ether oxygens (including phenoxy) is 3. The first kappa shape index (κ1) is 33.3. The summed E-state index contributed by atoms with van der Waals surface area (Å²) in [5.74, 6) is -0.671. The molecule has 0 bridgehead atoms. The largest absolute Gasteiger partial charge is 0.383 e. The number of carbonyl (C=O) groups is 1. The Hall–Kier alpha value is -2.23. The van der Waals surface area contributed by atoms with Crippen LogP contribution in [0.1, 0.15) is 16.8 Å². The Morgan fingerprint density at radius 1 is 1.05 bits per heavy atom. The third-order valence-electron chi connectivity index (χ3n) is 6.60. The van der Waals surface area contributed by atoms with Crippen LogP contribution in [0.2, 0.25) is 0 Å². The SMILES string of the molecule is COCCN(CCOC)S(=O)(=O)c1ccc(C(=O)N(CCCN2CCOCC2)c2nc3ccc(F)cc3s2)cc1.Cl. The topological polar surface area (TPSA) is 102 Å². The summed E-state index contributed by atoms with van der Waals surface area (Å²) in [4.78, 5) is 22.3. The number of halogens is 2. The van der Waals surface area contributed by atoms with Crippen molar-refractivity contribution in [1.82, 2.24) is 14.2 Å². The zero-order chi connectivity index (χ0) is 28.5. The van der Waals surface area contributed by atoms with Crippen molar-refractivity contribution >= 4 is 55.0 Å². The van der Waals surface area contributed by atoms with Crippen molar-refractivity contribution in [3.63, 3.8) is 0 Å². The van der Waals surface area contributed by atoms with E-state index in [-0.39, 0.29) is 55.3 Å². The number of thiazole rings is 1. The van der Waals surface area contributed by atoms with Gasteiger partial charge in [0.1, 0.15) is 5.82 Å². The standard InChI is InChI=1S/C27H35FN4O6S2.ClH/c1-36-16-14-31(15-17-37-2)40(34,35)23-7-4-21(5-8-23)26(33)32(11-3-10-30-12-18-38-19-13-30)27-29-24-9-6-22(28)20-25(24)39-27;/h4-9,20H,3,10-19H2,1-2H3;1H. The van der Waals surface area contributed by atoms with Gasteiger partial charge in [-0.3, -0.25) is 14.6 Å². The zero-order valence-electron chi connectivity index (χ0n) is 23.2. The van der Waals surface area contributed by atoms with Gasteiger partial charge in [-0.05, 0) is 48.9 Å². The molecule has 41 heavy (non-hydrogen) atoms. The van der Waals surface area contributed by atoms with Crippen LogP contribution in [0.4, 0.5) is 9.52 Å². The second-order valence-corrected chi connectivity index (χ2v) is 12.2. The van der Waals surface area contributed by atoms with E-state index in [1.807, 2.05) is 0 Å². The third kappa shape index (κ3) is 8.64. The van der Waals surface area contributed by atoms with Crippen molar-refractivity contribution in [2.24, 2.45) is 0 Å². The molecule has 0 N–H and O–H groups in total. The molecule has 1 saturated heterocycles. The molecule has 0 spiro atoms. The maximum Gasteiger partial charge on any atom is 0.260 e. The Kier molecular flexibility index (Phi) is 12.9. The molecule has 1 aliphatic rings. The minimum atomic E-state index is -3.82. The highest BCUT2D eigenvalue weighted by molar-refractivity contribution is 7.89. The number of amides is 1. The number of aromatic nitrogens is 1. The molecule has 3 aromatic rings. The number of sulfonamides is 1. The number of fused-ring (bicyclic) bond motifs is 1. The highest BCUT2D eigenvalue weighted by Crippen LogP contribution is 2.31. The van der Waals surface area contributed by atoms with Gasteiger partial charge in [0.05, 0.1) is 41.5 Å². The van der Waals surface area contributed by atoms with Crippen LogP contribution in [-0.2, 0) is 24.2 Å². The number of carbonyl (C=O) groups excluding carboxylic acids is 1. The molecule has 0 atom stereocenters. The lowest BCUT2D eigenvalue weighted by atomic mass is 10.2. The zero-order valence-corrected chi connectivity index (χ0v) is 25.6. The summed E-state index contributed by atoms with van der Waals surface area (Å²) in [7, 11) is -0.801. The summed E-state index contributed by atoms with van der Waals surface area (Å²) in [5.41, 5.74) is 0.942. The molecule has 1 fully saturated rings. The van der Waals surface area contributed by atoms with Crippen molar-refractivity contribution in [3.05, 3.63) is 53.8 Å². The lowest BCUT2D eigenvalue weighted by molar-refractivity contribution is 0.0376. The van der Waals surface area contributed by atoms with Gasteiger partial charge in [0, 0.05) is 59.1 Å². The highest BCUT2D eigenvalue weighted by atomic mass is 35.5. The van der Waals surface area contributed by atoms with Gasteiger partial charge in [0.15, 0.2) is 5.13 Å². The van der Waals surface area contributed by atoms with Crippen LogP contribution in [0.5, 0.6) is 0 Å². The molecular weight excluding hydrogens is 595 g/mol. The molecule has 226 valence electrons. The summed E-state index contributed by atoms with van der Waals surface area (Å²) in [6.45, 7) is 5.10. The maximum absolute atomic E-state index is 13.8. The normalized spacial score (nSPS) is 14.3. The fraction of sp³-hybridized carbons (Fsp3) is 0.481. The predicted molar refractivity (Wildman–Crippen MR) is 159 cm³/mol. The van der Waals surface area contributed by atoms with Crippen molar-refractivity contribution in [1.29, 1.82) is 0 Å². The number of hydrogen-bond donors (Lipinski definition) is 0. The van der Waals surface area contributed by atoms with Gasteiger partial charge >= 0.3 is 0 Å². The second-order valence-electron chi connectivity index (χ2n) is 9.29. The van der Waals surface area contributed by atoms with Crippen LogP contribution in [0, 0.1) is 5.82 Å². The third-order valence-corrected chi connectivity index (χ3v) is 9.56. The molecule has 0 aliphatic carbocycles. The van der Waals surface area contributed by atoms with Gasteiger partial charge in [-0.15, -0.1) is 12.4 Å². The van der Waals surface area contributed by atoms with E-state index in [2.05, 4.69) is 9.88 Å². The summed E-state index contributed by atoms with van der Waals surface area (Å²) < 4.78 is 57.9. The Morgan fingerprint density at radius 2 is 1.71 bits per heavy atom. The van der Waals surface area contributed by atoms with Crippen molar-refractivity contribution in [2.75, 3.05) is 84.8 Å². The van der Waals surface area contributed by atoms with Gasteiger partial charge in [0.2, 0.25) is 10.0 Å². The monoisotopic (exact) mass is 630 g/mol. The molecule has 1 aromatic heterocycles. The first-order chi connectivity index (χ1) is 19.3. The van der Waals surface area contributed by atoms with Gasteiger partial charge in [-0.25, -0.2) is 17.8 Å². The minimum Gasteiger partial charge on any atom is -0.383 e. The molecule has 1 aliphatic heterocycles. The summed E-state index contributed by atoms with van der Waals surface area (Å²) >= 11 is 1.25. The number of anilines is 1. The molecule has 2 aromatic carbocycles. The second kappa shape index (κ2) is 15.8. The Bertz CT molecular complexity index is 1360. The Morgan fingerprint density at radius 3 is 2.34 bits per heavy atom. The quantitative estimate of drug-likeness (QED) is 0.267. The van der Waals surface area contributed by atoms with E-state index < -0.39 is 10.0 Å². The molecule has 14 heteroatoms. The fourth-order valence-electron chi connectivity index (χ4n) is 4.38. The molecule has 2 heterocycles. The van der Waals surface area contributed by atoms with Gasteiger partial charge < -0.3 is 14.2 Å². The van der Waals surface area contributed by atoms with Crippen molar-refractivity contribution in [2.45, 2.75) is 11.3 Å². The predicted octanol–water partition coefficient (Wildman–Crippen LogP) is 3.51. The fourth-order valence-corrected chi connectivity index (χ4v) is 6.80. The highest BCUT2D eigenvalue weighted by Gasteiger charge is 2.26. The number of morpholine rings is 1. The number of rotatable bonds is 14. The minimum absolute atomic E-state index is 0. The Labute approximate surface area is 250 Å². The molecule has 0 radical (unpaired) electrons. The van der Waals surface area contributed by atoms with E-state index in [4.69, 9.17) is 14.2 Å². The van der Waals surface area contributed by atoms with E-state index in [1.165, 1.54) is 66.3 Å². The van der Waals surface area contributed by atoms with E-state index >= 15 is 0 Å². The van der Waals surface area contributed by atoms with Crippen LogP contribution in [-0.4, -0.2) is 108 Å². The molecule has 10 nitrogen and oxygen atoms in total. The summed E-state index contributed by atoms with van der Waals surface area (Å²) in [6, 6.07) is 10.3.